The van der Waals surface area contributed by atoms with Crippen molar-refractivity contribution in [2.24, 2.45) is 4.99 Å². The van der Waals surface area contributed by atoms with Gasteiger partial charge in [0.15, 0.2) is 5.78 Å². The fraction of sp³-hybridized carbons (Fsp3) is 0.0588. The third kappa shape index (κ3) is 1.57. The van der Waals surface area contributed by atoms with Crippen LogP contribution in [0.3, 0.4) is 0 Å². The topological polar surface area (TPSA) is 29.4 Å². The van der Waals surface area contributed by atoms with Crippen molar-refractivity contribution in [3.63, 3.8) is 0 Å². The molecule has 3 aromatic rings. The molecule has 1 aliphatic heterocycles. The number of carbonyl (C=O) groups excluding carboxylic acids is 1. The normalized spacial score (nSPS) is 14.0. The molecule has 0 saturated heterocycles. The van der Waals surface area contributed by atoms with Crippen molar-refractivity contribution in [2.45, 2.75) is 0 Å². The lowest BCUT2D eigenvalue weighted by atomic mass is 10.0. The zero-order valence-corrected chi connectivity index (χ0v) is 10.3. The minimum Gasteiger partial charge on any atom is -0.293 e. The number of Topliss-reactive ketones (excluding diaryl/α,β-unsaturated/α-hetero) is 1. The predicted molar refractivity (Wildman–Crippen MR) is 76.6 cm³/mol. The highest BCUT2D eigenvalue weighted by molar-refractivity contribution is 6.10. The van der Waals surface area contributed by atoms with Gasteiger partial charge in [0, 0.05) is 5.22 Å². The number of nitrogens with zero attached hydrogens (tertiary/aromatic N) is 1. The summed E-state index contributed by atoms with van der Waals surface area (Å²) in [6, 6.07) is 16.7. The highest BCUT2D eigenvalue weighted by atomic mass is 16.1. The lowest BCUT2D eigenvalue weighted by Gasteiger charge is -2.06. The maximum Gasteiger partial charge on any atom is 0.177 e. The number of benzene rings is 3. The fourth-order valence-corrected chi connectivity index (χ4v) is 2.70. The molecule has 0 aliphatic carbocycles. The Morgan fingerprint density at radius 3 is 2.68 bits per heavy atom. The number of fused-ring (bicyclic) bond motifs is 4. The smallest absolute Gasteiger partial charge is 0.177 e. The molecule has 90 valence electrons. The Balaban J connectivity index is 2.23. The van der Waals surface area contributed by atoms with E-state index in [0.717, 1.165) is 16.0 Å². The van der Waals surface area contributed by atoms with Crippen molar-refractivity contribution < 1.29 is 4.79 Å². The standard InChI is InChI=1S/C17H11NO/c19-14-8-13-7-12-6-5-11-3-1-2-4-15(11)16(12)9-17(13)18-10-14/h1-9H,10H2. The van der Waals surface area contributed by atoms with E-state index >= 15 is 0 Å². The molecule has 0 amide bonds. The molecule has 0 atom stereocenters. The van der Waals surface area contributed by atoms with Crippen LogP contribution in [0.2, 0.25) is 0 Å². The second-order valence-electron chi connectivity index (χ2n) is 4.85. The molecule has 0 unspecified atom stereocenters. The SMILES string of the molecule is O=C1C=c2cc3ccc4ccccc4c3cc2=NC1. The Morgan fingerprint density at radius 2 is 1.74 bits per heavy atom. The van der Waals surface area contributed by atoms with Crippen molar-refractivity contribution in [2.75, 3.05) is 6.54 Å². The van der Waals surface area contributed by atoms with E-state index < -0.39 is 0 Å². The van der Waals surface area contributed by atoms with Gasteiger partial charge < -0.3 is 0 Å². The van der Waals surface area contributed by atoms with Gasteiger partial charge in [-0.2, -0.15) is 0 Å². The first-order chi connectivity index (χ1) is 9.31. The van der Waals surface area contributed by atoms with Crippen LogP contribution in [0.4, 0.5) is 0 Å². The largest absolute Gasteiger partial charge is 0.293 e. The van der Waals surface area contributed by atoms with Gasteiger partial charge in [0.1, 0.15) is 6.54 Å². The molecule has 0 saturated carbocycles. The van der Waals surface area contributed by atoms with Gasteiger partial charge >= 0.3 is 0 Å². The zero-order valence-electron chi connectivity index (χ0n) is 10.3. The van der Waals surface area contributed by atoms with Gasteiger partial charge in [-0.15, -0.1) is 0 Å². The van der Waals surface area contributed by atoms with Crippen molar-refractivity contribution >= 4 is 33.4 Å². The van der Waals surface area contributed by atoms with E-state index in [4.69, 9.17) is 0 Å². The highest BCUT2D eigenvalue weighted by Crippen LogP contribution is 2.23. The van der Waals surface area contributed by atoms with Crippen molar-refractivity contribution in [3.05, 3.63) is 59.1 Å². The summed E-state index contributed by atoms with van der Waals surface area (Å²) < 4.78 is 0. The summed E-state index contributed by atoms with van der Waals surface area (Å²) in [5, 5.41) is 6.66. The first-order valence-electron chi connectivity index (χ1n) is 6.32. The maximum absolute atomic E-state index is 11.4. The lowest BCUT2D eigenvalue weighted by Crippen LogP contribution is -2.31. The number of hydrogen-bond acceptors (Lipinski definition) is 2. The van der Waals surface area contributed by atoms with Crippen LogP contribution in [0.15, 0.2) is 53.5 Å². The number of ketones is 1. The molecule has 3 aromatic carbocycles. The number of rotatable bonds is 0. The van der Waals surface area contributed by atoms with Crippen molar-refractivity contribution in [1.82, 2.24) is 0 Å². The first kappa shape index (κ1) is 10.4. The van der Waals surface area contributed by atoms with Crippen LogP contribution in [-0.4, -0.2) is 12.3 Å². The highest BCUT2D eigenvalue weighted by Gasteiger charge is 2.05. The summed E-state index contributed by atoms with van der Waals surface area (Å²) in [4.78, 5) is 15.8. The predicted octanol–water partition coefficient (Wildman–Crippen LogP) is 1.98. The van der Waals surface area contributed by atoms with Crippen LogP contribution in [0, 0.1) is 0 Å². The van der Waals surface area contributed by atoms with E-state index in [1.807, 2.05) is 12.1 Å². The van der Waals surface area contributed by atoms with Crippen molar-refractivity contribution in [1.29, 1.82) is 0 Å². The van der Waals surface area contributed by atoms with Crippen LogP contribution in [0.5, 0.6) is 0 Å². The average molecular weight is 245 g/mol. The molecule has 1 heterocycles. The average Bonchev–Trinajstić information content (AvgIpc) is 2.45. The van der Waals surface area contributed by atoms with E-state index in [1.165, 1.54) is 16.2 Å². The molecule has 0 N–H and O–H groups in total. The molecule has 2 nitrogen and oxygen atoms in total. The molecule has 19 heavy (non-hydrogen) atoms. The van der Waals surface area contributed by atoms with Gasteiger partial charge in [0.05, 0.1) is 5.36 Å². The second-order valence-corrected chi connectivity index (χ2v) is 4.85. The Hall–Kier alpha value is -2.48. The van der Waals surface area contributed by atoms with E-state index in [-0.39, 0.29) is 12.3 Å². The Kier molecular flexibility index (Phi) is 2.06. The van der Waals surface area contributed by atoms with Gasteiger partial charge in [-0.1, -0.05) is 36.4 Å². The molecular formula is C17H11NO. The maximum atomic E-state index is 11.4. The number of hydrogen-bond donors (Lipinski definition) is 0. The molecule has 1 aliphatic rings. The summed E-state index contributed by atoms with van der Waals surface area (Å²) in [6.07, 6.45) is 1.69. The van der Waals surface area contributed by atoms with Gasteiger partial charge in [-0.25, -0.2) is 0 Å². The van der Waals surface area contributed by atoms with E-state index in [1.54, 1.807) is 6.08 Å². The quantitative estimate of drug-likeness (QED) is 0.557. The Morgan fingerprint density at radius 1 is 0.895 bits per heavy atom. The first-order valence-corrected chi connectivity index (χ1v) is 6.32. The summed E-state index contributed by atoms with van der Waals surface area (Å²) >= 11 is 0. The van der Waals surface area contributed by atoms with Gasteiger partial charge in [-0.3, -0.25) is 9.79 Å². The molecule has 0 fully saturated rings. The zero-order chi connectivity index (χ0) is 12.8. The van der Waals surface area contributed by atoms with Crippen LogP contribution in [-0.2, 0) is 4.79 Å². The van der Waals surface area contributed by atoms with Crippen LogP contribution >= 0.6 is 0 Å². The van der Waals surface area contributed by atoms with E-state index in [0.29, 0.717) is 0 Å². The van der Waals surface area contributed by atoms with Crippen LogP contribution < -0.4 is 10.6 Å². The minimum atomic E-state index is 0.0765. The summed E-state index contributed by atoms with van der Waals surface area (Å²) in [6.45, 7) is 0.267. The summed E-state index contributed by atoms with van der Waals surface area (Å²) in [5.74, 6) is 0.0765. The van der Waals surface area contributed by atoms with Gasteiger partial charge in [0.25, 0.3) is 0 Å². The monoisotopic (exact) mass is 245 g/mol. The third-order valence-corrected chi connectivity index (χ3v) is 3.61. The van der Waals surface area contributed by atoms with Crippen LogP contribution in [0.25, 0.3) is 27.6 Å². The minimum absolute atomic E-state index is 0.0765. The van der Waals surface area contributed by atoms with Crippen molar-refractivity contribution in [3.8, 4) is 0 Å². The summed E-state index contributed by atoms with van der Waals surface area (Å²) in [7, 11) is 0. The second kappa shape index (κ2) is 3.75. The molecular weight excluding hydrogens is 234 g/mol. The lowest BCUT2D eigenvalue weighted by molar-refractivity contribution is -0.112. The Bertz CT molecular complexity index is 954. The van der Waals surface area contributed by atoms with Gasteiger partial charge in [-0.05, 0) is 39.8 Å². The summed E-state index contributed by atoms with van der Waals surface area (Å²) in [5.41, 5.74) is 0. The molecule has 0 aromatic heterocycles. The van der Waals surface area contributed by atoms with E-state index in [2.05, 4.69) is 41.4 Å². The van der Waals surface area contributed by atoms with Crippen LogP contribution in [0.1, 0.15) is 0 Å². The Labute approximate surface area is 109 Å². The molecule has 4 rings (SSSR count). The van der Waals surface area contributed by atoms with E-state index in [9.17, 15) is 4.79 Å². The molecule has 2 heteroatoms. The molecule has 0 bridgehead atoms. The molecule has 0 radical (unpaired) electrons. The third-order valence-electron chi connectivity index (χ3n) is 3.61. The molecule has 0 spiro atoms. The number of carbonyl (C=O) groups is 1. The fourth-order valence-electron chi connectivity index (χ4n) is 2.70. The van der Waals surface area contributed by atoms with Gasteiger partial charge in [0.2, 0.25) is 0 Å².